The molecule has 0 saturated carbocycles. The third kappa shape index (κ3) is 13.2. The average molecular weight is 597 g/mol. The SMILES string of the molecule is CC(C)C(=O)OCCOC(C)(C)OCCOC(=O)CCN1CCC(CCCC2CCN(C(C)(C)C(C)(C)C)CC2)CC1. The minimum absolute atomic E-state index is 0.156. The first-order valence-electron chi connectivity index (χ1n) is 16.7. The lowest BCUT2D eigenvalue weighted by atomic mass is 9.73. The summed E-state index contributed by atoms with van der Waals surface area (Å²) in [6.45, 7) is 25.4. The van der Waals surface area contributed by atoms with Gasteiger partial charge in [-0.3, -0.25) is 14.5 Å². The molecule has 2 rings (SSSR count). The molecule has 0 aliphatic carbocycles. The molecule has 2 heterocycles. The summed E-state index contributed by atoms with van der Waals surface area (Å²) in [5.41, 5.74) is 0.545. The summed E-state index contributed by atoms with van der Waals surface area (Å²) in [5.74, 6) is 0.299. The predicted molar refractivity (Wildman–Crippen MR) is 168 cm³/mol. The highest BCUT2D eigenvalue weighted by Crippen LogP contribution is 2.38. The molecule has 0 aromatic heterocycles. The number of hydrogen-bond acceptors (Lipinski definition) is 8. The summed E-state index contributed by atoms with van der Waals surface area (Å²) in [4.78, 5) is 28.8. The molecule has 0 atom stereocenters. The largest absolute Gasteiger partial charge is 0.463 e. The lowest BCUT2D eigenvalue weighted by Gasteiger charge is -2.50. The van der Waals surface area contributed by atoms with Crippen molar-refractivity contribution in [3.63, 3.8) is 0 Å². The molecule has 2 aliphatic heterocycles. The van der Waals surface area contributed by atoms with E-state index in [1.165, 1.54) is 58.0 Å². The van der Waals surface area contributed by atoms with E-state index in [9.17, 15) is 9.59 Å². The van der Waals surface area contributed by atoms with Gasteiger partial charge in [0.05, 0.1) is 25.6 Å². The maximum Gasteiger partial charge on any atom is 0.308 e. The minimum Gasteiger partial charge on any atom is -0.463 e. The monoisotopic (exact) mass is 596 g/mol. The van der Waals surface area contributed by atoms with E-state index >= 15 is 0 Å². The third-order valence-electron chi connectivity index (χ3n) is 9.85. The molecule has 2 fully saturated rings. The van der Waals surface area contributed by atoms with Gasteiger partial charge in [0.15, 0.2) is 5.79 Å². The molecule has 0 N–H and O–H groups in total. The van der Waals surface area contributed by atoms with E-state index in [0.717, 1.165) is 31.5 Å². The van der Waals surface area contributed by atoms with Crippen LogP contribution in [0.5, 0.6) is 0 Å². The average Bonchev–Trinajstić information content (AvgIpc) is 2.92. The zero-order valence-corrected chi connectivity index (χ0v) is 28.6. The van der Waals surface area contributed by atoms with E-state index in [-0.39, 0.29) is 49.8 Å². The first-order chi connectivity index (χ1) is 19.6. The van der Waals surface area contributed by atoms with Crippen LogP contribution in [-0.2, 0) is 28.5 Å². The lowest BCUT2D eigenvalue weighted by molar-refractivity contribution is -0.223. The fraction of sp³-hybridized carbons (Fsp3) is 0.941. The normalized spacial score (nSPS) is 18.9. The fourth-order valence-corrected chi connectivity index (χ4v) is 5.85. The Kier molecular flexibility index (Phi) is 15.2. The number of likely N-dealkylation sites (tertiary alicyclic amines) is 2. The molecule has 0 aromatic rings. The van der Waals surface area contributed by atoms with Crippen molar-refractivity contribution in [1.82, 2.24) is 9.80 Å². The van der Waals surface area contributed by atoms with Gasteiger partial charge in [0.25, 0.3) is 0 Å². The molecule has 0 unspecified atom stereocenters. The predicted octanol–water partition coefficient (Wildman–Crippen LogP) is 6.31. The van der Waals surface area contributed by atoms with Crippen molar-refractivity contribution in [3.8, 4) is 0 Å². The topological polar surface area (TPSA) is 77.5 Å². The van der Waals surface area contributed by atoms with Gasteiger partial charge in [0, 0.05) is 12.1 Å². The molecule has 0 bridgehead atoms. The van der Waals surface area contributed by atoms with E-state index in [2.05, 4.69) is 44.4 Å². The molecular formula is C34H64N2O6. The van der Waals surface area contributed by atoms with Crippen LogP contribution in [0.25, 0.3) is 0 Å². The second kappa shape index (κ2) is 17.3. The Balaban J connectivity index is 1.48. The number of esters is 2. The Hall–Kier alpha value is -1.22. The highest BCUT2D eigenvalue weighted by molar-refractivity contribution is 5.71. The molecule has 8 nitrogen and oxygen atoms in total. The summed E-state index contributed by atoms with van der Waals surface area (Å²) in [7, 11) is 0. The van der Waals surface area contributed by atoms with E-state index < -0.39 is 5.79 Å². The van der Waals surface area contributed by atoms with Crippen LogP contribution in [0.4, 0.5) is 0 Å². The Morgan fingerprint density at radius 3 is 1.74 bits per heavy atom. The molecule has 246 valence electrons. The molecular weight excluding hydrogens is 532 g/mol. The summed E-state index contributed by atoms with van der Waals surface area (Å²) in [6, 6.07) is 0. The van der Waals surface area contributed by atoms with Crippen molar-refractivity contribution in [2.45, 2.75) is 125 Å². The van der Waals surface area contributed by atoms with Gasteiger partial charge >= 0.3 is 11.9 Å². The van der Waals surface area contributed by atoms with Gasteiger partial charge in [0.1, 0.15) is 13.2 Å². The zero-order chi connectivity index (χ0) is 31.4. The maximum absolute atomic E-state index is 12.2. The van der Waals surface area contributed by atoms with Gasteiger partial charge in [-0.2, -0.15) is 0 Å². The molecule has 42 heavy (non-hydrogen) atoms. The highest BCUT2D eigenvalue weighted by Gasteiger charge is 2.39. The molecule has 2 saturated heterocycles. The Bertz CT molecular complexity index is 790. The number of ether oxygens (including phenoxy) is 4. The molecule has 0 aromatic carbocycles. The fourth-order valence-electron chi connectivity index (χ4n) is 5.85. The van der Waals surface area contributed by atoms with Crippen LogP contribution < -0.4 is 0 Å². The lowest BCUT2D eigenvalue weighted by Crippen LogP contribution is -2.55. The van der Waals surface area contributed by atoms with Crippen LogP contribution in [0.1, 0.15) is 114 Å². The van der Waals surface area contributed by atoms with Crippen LogP contribution in [0.3, 0.4) is 0 Å². The smallest absolute Gasteiger partial charge is 0.308 e. The van der Waals surface area contributed by atoms with E-state index in [0.29, 0.717) is 11.8 Å². The first kappa shape index (κ1) is 37.0. The van der Waals surface area contributed by atoms with Crippen molar-refractivity contribution < 1.29 is 28.5 Å². The molecule has 0 amide bonds. The van der Waals surface area contributed by atoms with Crippen molar-refractivity contribution in [2.24, 2.45) is 23.2 Å². The molecule has 0 radical (unpaired) electrons. The second-order valence-electron chi connectivity index (χ2n) is 14.8. The standard InChI is InChI=1S/C34H64N2O6/c1-27(2)31(38)40-24-26-42-34(8,9)41-25-23-39-30(37)17-20-35-18-13-28(14-19-35)11-10-12-29-15-21-36(22-16-29)33(6,7)32(3,4)5/h27-29H,10-26H2,1-9H3. The number of hydrogen-bond donors (Lipinski definition) is 0. The quantitative estimate of drug-likeness (QED) is 0.110. The third-order valence-corrected chi connectivity index (χ3v) is 9.85. The Labute approximate surface area is 257 Å². The van der Waals surface area contributed by atoms with Crippen LogP contribution in [0.15, 0.2) is 0 Å². The van der Waals surface area contributed by atoms with Gasteiger partial charge < -0.3 is 23.8 Å². The Morgan fingerprint density at radius 2 is 1.24 bits per heavy atom. The number of rotatable bonds is 17. The summed E-state index contributed by atoms with van der Waals surface area (Å²) in [6.07, 6.45) is 9.70. The van der Waals surface area contributed by atoms with E-state index in [1.54, 1.807) is 27.7 Å². The Morgan fingerprint density at radius 1 is 0.738 bits per heavy atom. The zero-order valence-electron chi connectivity index (χ0n) is 28.6. The minimum atomic E-state index is -0.845. The number of piperidine rings is 2. The van der Waals surface area contributed by atoms with Gasteiger partial charge in [-0.05, 0) is 96.8 Å². The maximum atomic E-state index is 12.2. The van der Waals surface area contributed by atoms with Crippen molar-refractivity contribution in [2.75, 3.05) is 59.2 Å². The summed E-state index contributed by atoms with van der Waals surface area (Å²) >= 11 is 0. The van der Waals surface area contributed by atoms with Crippen molar-refractivity contribution in [1.29, 1.82) is 0 Å². The van der Waals surface area contributed by atoms with E-state index in [4.69, 9.17) is 18.9 Å². The molecule has 8 heteroatoms. The van der Waals surface area contributed by atoms with Gasteiger partial charge in [0.2, 0.25) is 0 Å². The first-order valence-corrected chi connectivity index (χ1v) is 16.7. The van der Waals surface area contributed by atoms with Crippen LogP contribution >= 0.6 is 0 Å². The van der Waals surface area contributed by atoms with Crippen molar-refractivity contribution in [3.05, 3.63) is 0 Å². The van der Waals surface area contributed by atoms with Crippen LogP contribution in [0.2, 0.25) is 0 Å². The van der Waals surface area contributed by atoms with E-state index in [1.807, 2.05) is 0 Å². The molecule has 2 aliphatic rings. The highest BCUT2D eigenvalue weighted by atomic mass is 16.7. The van der Waals surface area contributed by atoms with Gasteiger partial charge in [-0.25, -0.2) is 0 Å². The number of carbonyl (C=O) groups excluding carboxylic acids is 2. The number of nitrogens with zero attached hydrogens (tertiary/aromatic N) is 2. The summed E-state index contributed by atoms with van der Waals surface area (Å²) in [5, 5.41) is 0. The number of carbonyl (C=O) groups is 2. The summed E-state index contributed by atoms with van der Waals surface area (Å²) < 4.78 is 21.8. The van der Waals surface area contributed by atoms with Gasteiger partial charge in [-0.1, -0.05) is 53.9 Å². The van der Waals surface area contributed by atoms with Crippen LogP contribution in [-0.4, -0.2) is 92.2 Å². The van der Waals surface area contributed by atoms with Gasteiger partial charge in [-0.15, -0.1) is 0 Å². The second-order valence-corrected chi connectivity index (χ2v) is 14.8. The van der Waals surface area contributed by atoms with Crippen molar-refractivity contribution >= 4 is 11.9 Å². The van der Waals surface area contributed by atoms with Crippen LogP contribution in [0, 0.1) is 23.2 Å². The molecule has 0 spiro atoms.